The Morgan fingerprint density at radius 1 is 0.848 bits per heavy atom. The van der Waals surface area contributed by atoms with Gasteiger partial charge in [-0.05, 0) is 53.1 Å². The van der Waals surface area contributed by atoms with Gasteiger partial charge in [0, 0.05) is 11.3 Å². The third kappa shape index (κ3) is 3.48. The van der Waals surface area contributed by atoms with Gasteiger partial charge in [0.2, 0.25) is 0 Å². The number of rotatable bonds is 3. The van der Waals surface area contributed by atoms with E-state index in [1.165, 1.54) is 29.2 Å². The minimum absolute atomic E-state index is 0.0230. The molecule has 1 heterocycles. The molecule has 4 nitrogen and oxygen atoms in total. The van der Waals surface area contributed by atoms with Crippen LogP contribution in [0.15, 0.2) is 96.6 Å². The molecule has 0 bridgehead atoms. The van der Waals surface area contributed by atoms with E-state index in [9.17, 15) is 19.1 Å². The Bertz CT molecular complexity index is 1440. The molecule has 1 saturated heterocycles. The quantitative estimate of drug-likeness (QED) is 0.246. The molecule has 0 spiro atoms. The fourth-order valence-corrected chi connectivity index (χ4v) is 4.37. The molecule has 4 aromatic carbocycles. The van der Waals surface area contributed by atoms with Gasteiger partial charge in [0.25, 0.3) is 11.7 Å². The standard InChI is InChI=1S/C28H20FNO3/c1-17-6-2-5-9-23(17)30-25(19-12-14-22(29)15-13-19)24(27(32)28(30)33)26(31)21-11-10-18-7-3-4-8-20(18)16-21/h2-16,25,31H,1H3/b26-24-. The maximum atomic E-state index is 13.7. The molecule has 33 heavy (non-hydrogen) atoms. The second-order valence-electron chi connectivity index (χ2n) is 8.07. The van der Waals surface area contributed by atoms with E-state index < -0.39 is 23.5 Å². The zero-order valence-corrected chi connectivity index (χ0v) is 17.8. The van der Waals surface area contributed by atoms with Crippen LogP contribution in [0.25, 0.3) is 16.5 Å². The highest BCUT2D eigenvalue weighted by Gasteiger charge is 2.47. The van der Waals surface area contributed by atoms with Crippen LogP contribution < -0.4 is 4.90 Å². The second-order valence-corrected chi connectivity index (χ2v) is 8.07. The zero-order valence-electron chi connectivity index (χ0n) is 17.8. The molecule has 1 N–H and O–H groups in total. The van der Waals surface area contributed by atoms with Crippen molar-refractivity contribution in [1.82, 2.24) is 0 Å². The van der Waals surface area contributed by atoms with Gasteiger partial charge in [-0.15, -0.1) is 0 Å². The summed E-state index contributed by atoms with van der Waals surface area (Å²) in [6, 6.07) is 25.0. The smallest absolute Gasteiger partial charge is 0.300 e. The minimum atomic E-state index is -0.891. The molecule has 0 aromatic heterocycles. The Hall–Kier alpha value is -4.25. The number of nitrogens with zero attached hydrogens (tertiary/aromatic N) is 1. The Labute approximate surface area is 190 Å². The summed E-state index contributed by atoms with van der Waals surface area (Å²) < 4.78 is 13.7. The van der Waals surface area contributed by atoms with Crippen molar-refractivity contribution in [3.8, 4) is 0 Å². The second kappa shape index (κ2) is 8.02. The van der Waals surface area contributed by atoms with Crippen molar-refractivity contribution >= 4 is 33.9 Å². The molecule has 0 saturated carbocycles. The SMILES string of the molecule is Cc1ccccc1N1C(=O)C(=O)/C(=C(\O)c2ccc3ccccc3c2)C1c1ccc(F)cc1. The van der Waals surface area contributed by atoms with Crippen LogP contribution in [0.4, 0.5) is 10.1 Å². The first kappa shape index (κ1) is 20.6. The first-order valence-corrected chi connectivity index (χ1v) is 10.6. The fourth-order valence-electron chi connectivity index (χ4n) is 4.37. The highest BCUT2D eigenvalue weighted by molar-refractivity contribution is 6.51. The van der Waals surface area contributed by atoms with Crippen molar-refractivity contribution in [3.63, 3.8) is 0 Å². The van der Waals surface area contributed by atoms with Crippen LogP contribution >= 0.6 is 0 Å². The van der Waals surface area contributed by atoms with Crippen LogP contribution in [-0.2, 0) is 9.59 Å². The van der Waals surface area contributed by atoms with Crippen LogP contribution in [-0.4, -0.2) is 16.8 Å². The summed E-state index contributed by atoms with van der Waals surface area (Å²) in [6.45, 7) is 1.85. The van der Waals surface area contributed by atoms with Gasteiger partial charge in [0.1, 0.15) is 11.6 Å². The normalized spacial score (nSPS) is 17.6. The average Bonchev–Trinajstić information content (AvgIpc) is 3.09. The van der Waals surface area contributed by atoms with E-state index in [0.717, 1.165) is 16.3 Å². The number of hydrogen-bond acceptors (Lipinski definition) is 3. The molecule has 1 unspecified atom stereocenters. The lowest BCUT2D eigenvalue weighted by atomic mass is 9.94. The van der Waals surface area contributed by atoms with Crippen molar-refractivity contribution in [1.29, 1.82) is 0 Å². The van der Waals surface area contributed by atoms with Crippen molar-refractivity contribution in [2.75, 3.05) is 4.90 Å². The van der Waals surface area contributed by atoms with Gasteiger partial charge in [0.05, 0.1) is 11.6 Å². The van der Waals surface area contributed by atoms with Crippen LogP contribution in [0.5, 0.6) is 0 Å². The number of carbonyl (C=O) groups excluding carboxylic acids is 2. The summed E-state index contributed by atoms with van der Waals surface area (Å²) in [6.07, 6.45) is 0. The molecule has 0 radical (unpaired) electrons. The first-order chi connectivity index (χ1) is 16.0. The number of hydrogen-bond donors (Lipinski definition) is 1. The number of amides is 1. The molecular weight excluding hydrogens is 417 g/mol. The van der Waals surface area contributed by atoms with E-state index in [-0.39, 0.29) is 11.3 Å². The third-order valence-corrected chi connectivity index (χ3v) is 6.03. The van der Waals surface area contributed by atoms with Gasteiger partial charge in [0.15, 0.2) is 0 Å². The number of aliphatic hydroxyl groups excluding tert-OH is 1. The number of ketones is 1. The Kier molecular flexibility index (Phi) is 5.02. The van der Waals surface area contributed by atoms with Crippen LogP contribution in [0.1, 0.15) is 22.7 Å². The van der Waals surface area contributed by atoms with Crippen LogP contribution in [0.3, 0.4) is 0 Å². The number of benzene rings is 4. The molecule has 1 amide bonds. The first-order valence-electron chi connectivity index (χ1n) is 10.6. The molecule has 162 valence electrons. The molecule has 1 aliphatic rings. The summed E-state index contributed by atoms with van der Waals surface area (Å²) in [7, 11) is 0. The maximum absolute atomic E-state index is 13.7. The monoisotopic (exact) mass is 437 g/mol. The van der Waals surface area contributed by atoms with Crippen molar-refractivity contribution in [2.24, 2.45) is 0 Å². The van der Waals surface area contributed by atoms with E-state index in [1.807, 2.05) is 49.4 Å². The number of halogens is 1. The highest BCUT2D eigenvalue weighted by Crippen LogP contribution is 2.43. The minimum Gasteiger partial charge on any atom is -0.507 e. The summed E-state index contributed by atoms with van der Waals surface area (Å²) >= 11 is 0. The van der Waals surface area contributed by atoms with Gasteiger partial charge in [-0.3, -0.25) is 14.5 Å². The number of fused-ring (bicyclic) bond motifs is 1. The molecule has 4 aromatic rings. The van der Waals surface area contributed by atoms with Gasteiger partial charge < -0.3 is 5.11 Å². The van der Waals surface area contributed by atoms with E-state index in [0.29, 0.717) is 16.8 Å². The zero-order chi connectivity index (χ0) is 23.1. The van der Waals surface area contributed by atoms with Crippen LogP contribution in [0.2, 0.25) is 0 Å². The summed E-state index contributed by atoms with van der Waals surface area (Å²) in [4.78, 5) is 27.9. The average molecular weight is 437 g/mol. The van der Waals surface area contributed by atoms with Gasteiger partial charge in [-0.1, -0.05) is 66.7 Å². The van der Waals surface area contributed by atoms with Gasteiger partial charge >= 0.3 is 0 Å². The third-order valence-electron chi connectivity index (χ3n) is 6.03. The molecule has 5 rings (SSSR count). The van der Waals surface area contributed by atoms with Crippen molar-refractivity contribution < 1.29 is 19.1 Å². The van der Waals surface area contributed by atoms with E-state index in [1.54, 1.807) is 24.3 Å². The molecule has 1 atom stereocenters. The number of anilines is 1. The largest absolute Gasteiger partial charge is 0.507 e. The summed E-state index contributed by atoms with van der Waals surface area (Å²) in [5.41, 5.74) is 2.30. The number of aliphatic hydroxyl groups is 1. The molecule has 1 fully saturated rings. The van der Waals surface area contributed by atoms with Crippen molar-refractivity contribution in [2.45, 2.75) is 13.0 Å². The maximum Gasteiger partial charge on any atom is 0.300 e. The van der Waals surface area contributed by atoms with E-state index in [4.69, 9.17) is 0 Å². The van der Waals surface area contributed by atoms with Gasteiger partial charge in [-0.25, -0.2) is 4.39 Å². The Balaban J connectivity index is 1.74. The molecule has 1 aliphatic heterocycles. The Morgan fingerprint density at radius 3 is 2.24 bits per heavy atom. The molecule has 0 aliphatic carbocycles. The van der Waals surface area contributed by atoms with Crippen molar-refractivity contribution in [3.05, 3.63) is 119 Å². The number of aryl methyl sites for hydroxylation is 1. The van der Waals surface area contributed by atoms with E-state index >= 15 is 0 Å². The fraction of sp³-hybridized carbons (Fsp3) is 0.0714. The lowest BCUT2D eigenvalue weighted by Crippen LogP contribution is -2.30. The Morgan fingerprint density at radius 2 is 1.52 bits per heavy atom. The predicted molar refractivity (Wildman–Crippen MR) is 126 cm³/mol. The highest BCUT2D eigenvalue weighted by atomic mass is 19.1. The predicted octanol–water partition coefficient (Wildman–Crippen LogP) is 5.91. The lowest BCUT2D eigenvalue weighted by Gasteiger charge is -2.26. The number of carbonyl (C=O) groups is 2. The van der Waals surface area contributed by atoms with Gasteiger partial charge in [-0.2, -0.15) is 0 Å². The lowest BCUT2D eigenvalue weighted by molar-refractivity contribution is -0.132. The number of para-hydroxylation sites is 1. The summed E-state index contributed by atoms with van der Waals surface area (Å²) in [5.74, 6) is -2.20. The molecular formula is C28H20FNO3. The molecule has 5 heteroatoms. The topological polar surface area (TPSA) is 57.6 Å². The number of Topliss-reactive ketones (excluding diaryl/α,β-unsaturated/α-hetero) is 1. The summed E-state index contributed by atoms with van der Waals surface area (Å²) in [5, 5.41) is 13.2. The van der Waals surface area contributed by atoms with E-state index in [2.05, 4.69) is 0 Å². The van der Waals surface area contributed by atoms with Crippen LogP contribution in [0, 0.1) is 12.7 Å².